The molecule has 3 N–H and O–H groups in total. The minimum Gasteiger partial charge on any atom is -0.358 e. The molecule has 2 aromatic carbocycles. The van der Waals surface area contributed by atoms with Crippen molar-refractivity contribution in [1.82, 2.24) is 4.98 Å². The molecule has 1 unspecified atom stereocenters. The first-order valence-corrected chi connectivity index (χ1v) is 8.72. The number of nitrogens with one attached hydrogen (secondary N) is 3. The molecular weight excluding hydrogens is 326 g/mol. The maximum Gasteiger partial charge on any atom is 0.279 e. The van der Waals surface area contributed by atoms with Gasteiger partial charge in [-0.15, -0.1) is 0 Å². The SMILES string of the molecule is Cc1ccc(NC(=O)C[NH+](C)CC(=O)c2c(C)[nH]c3ccccc23)cc1. The van der Waals surface area contributed by atoms with E-state index in [4.69, 9.17) is 0 Å². The van der Waals surface area contributed by atoms with Gasteiger partial charge in [0.2, 0.25) is 5.78 Å². The van der Waals surface area contributed by atoms with E-state index in [1.165, 1.54) is 0 Å². The molecule has 0 spiro atoms. The highest BCUT2D eigenvalue weighted by Gasteiger charge is 2.20. The quantitative estimate of drug-likeness (QED) is 0.596. The lowest BCUT2D eigenvalue weighted by Gasteiger charge is -2.13. The van der Waals surface area contributed by atoms with Crippen LogP contribution in [0.1, 0.15) is 21.6 Å². The van der Waals surface area contributed by atoms with E-state index in [0.717, 1.165) is 38.3 Å². The fourth-order valence-electron chi connectivity index (χ4n) is 3.18. The van der Waals surface area contributed by atoms with E-state index < -0.39 is 0 Å². The zero-order valence-electron chi connectivity index (χ0n) is 15.3. The van der Waals surface area contributed by atoms with Crippen molar-refractivity contribution in [3.8, 4) is 0 Å². The number of ketones is 1. The van der Waals surface area contributed by atoms with Gasteiger partial charge in [-0.2, -0.15) is 0 Å². The van der Waals surface area contributed by atoms with Crippen LogP contribution in [0.4, 0.5) is 5.69 Å². The van der Waals surface area contributed by atoms with Crippen molar-refractivity contribution in [2.24, 2.45) is 0 Å². The highest BCUT2D eigenvalue weighted by molar-refractivity contribution is 6.09. The van der Waals surface area contributed by atoms with Crippen molar-refractivity contribution in [2.45, 2.75) is 13.8 Å². The standard InChI is InChI=1S/C21H23N3O2/c1-14-8-10-16(11-9-14)23-20(26)13-24(3)12-19(25)21-15(2)22-18-7-5-4-6-17(18)21/h4-11,22H,12-13H2,1-3H3,(H,23,26)/p+1. The molecular formula is C21H24N3O2+. The van der Waals surface area contributed by atoms with Crippen LogP contribution in [-0.2, 0) is 4.79 Å². The predicted molar refractivity (Wildman–Crippen MR) is 104 cm³/mol. The number of amides is 1. The molecule has 3 rings (SSSR count). The number of aromatic nitrogens is 1. The van der Waals surface area contributed by atoms with Crippen molar-refractivity contribution in [3.63, 3.8) is 0 Å². The number of benzene rings is 2. The number of carbonyl (C=O) groups excluding carboxylic acids is 2. The highest BCUT2D eigenvalue weighted by Crippen LogP contribution is 2.21. The van der Waals surface area contributed by atoms with Crippen LogP contribution in [0.3, 0.4) is 0 Å². The smallest absolute Gasteiger partial charge is 0.279 e. The number of Topliss-reactive ketones (excluding diaryl/α,β-unsaturated/α-hetero) is 1. The Hall–Kier alpha value is -2.92. The fraction of sp³-hybridized carbons (Fsp3) is 0.238. The Bertz CT molecular complexity index is 942. The Morgan fingerprint density at radius 1 is 1.00 bits per heavy atom. The summed E-state index contributed by atoms with van der Waals surface area (Å²) in [7, 11) is 1.86. The second-order valence-electron chi connectivity index (χ2n) is 6.82. The van der Waals surface area contributed by atoms with Gasteiger partial charge in [0.1, 0.15) is 6.54 Å². The van der Waals surface area contributed by atoms with E-state index in [1.54, 1.807) is 0 Å². The molecule has 0 fully saturated rings. The lowest BCUT2D eigenvalue weighted by Crippen LogP contribution is -3.11. The molecule has 1 atom stereocenters. The van der Waals surface area contributed by atoms with Crippen LogP contribution in [-0.4, -0.2) is 36.8 Å². The third-order valence-electron chi connectivity index (χ3n) is 4.43. The van der Waals surface area contributed by atoms with Crippen LogP contribution in [0, 0.1) is 13.8 Å². The van der Waals surface area contributed by atoms with Gasteiger partial charge < -0.3 is 15.2 Å². The molecule has 1 aromatic heterocycles. The number of aromatic amines is 1. The summed E-state index contributed by atoms with van der Waals surface area (Å²) < 4.78 is 0. The van der Waals surface area contributed by atoms with Crippen LogP contribution < -0.4 is 10.2 Å². The van der Waals surface area contributed by atoms with Gasteiger partial charge in [-0.05, 0) is 32.0 Å². The number of anilines is 1. The van der Waals surface area contributed by atoms with E-state index in [2.05, 4.69) is 10.3 Å². The van der Waals surface area contributed by atoms with Gasteiger partial charge >= 0.3 is 0 Å². The lowest BCUT2D eigenvalue weighted by molar-refractivity contribution is -0.861. The van der Waals surface area contributed by atoms with E-state index in [1.807, 2.05) is 69.4 Å². The summed E-state index contributed by atoms with van der Waals surface area (Å²) in [5, 5.41) is 3.81. The number of likely N-dealkylation sites (N-methyl/N-ethyl adjacent to an activating group) is 1. The summed E-state index contributed by atoms with van der Waals surface area (Å²) in [5.41, 5.74) is 4.47. The third kappa shape index (κ3) is 4.00. The molecule has 1 amide bonds. The van der Waals surface area contributed by atoms with Crippen LogP contribution >= 0.6 is 0 Å². The average Bonchev–Trinajstić information content (AvgIpc) is 2.92. The molecule has 0 saturated carbocycles. The number of aryl methyl sites for hydroxylation is 2. The molecule has 0 saturated heterocycles. The average molecular weight is 350 g/mol. The molecule has 0 aliphatic heterocycles. The van der Waals surface area contributed by atoms with E-state index in [0.29, 0.717) is 0 Å². The normalized spacial score (nSPS) is 12.1. The van der Waals surface area contributed by atoms with E-state index >= 15 is 0 Å². The van der Waals surface area contributed by atoms with Gasteiger partial charge in [0, 0.05) is 22.3 Å². The molecule has 26 heavy (non-hydrogen) atoms. The van der Waals surface area contributed by atoms with Gasteiger partial charge in [0.15, 0.2) is 6.54 Å². The Morgan fingerprint density at radius 2 is 1.69 bits per heavy atom. The van der Waals surface area contributed by atoms with Gasteiger partial charge in [-0.1, -0.05) is 35.9 Å². The van der Waals surface area contributed by atoms with Crippen molar-refractivity contribution >= 4 is 28.3 Å². The number of para-hydroxylation sites is 1. The third-order valence-corrected chi connectivity index (χ3v) is 4.43. The van der Waals surface area contributed by atoms with Crippen molar-refractivity contribution < 1.29 is 14.5 Å². The first-order valence-electron chi connectivity index (χ1n) is 8.72. The van der Waals surface area contributed by atoms with Crippen molar-refractivity contribution in [2.75, 3.05) is 25.5 Å². The molecule has 0 aliphatic carbocycles. The minimum atomic E-state index is -0.102. The number of fused-ring (bicyclic) bond motifs is 1. The molecule has 3 aromatic rings. The summed E-state index contributed by atoms with van der Waals surface area (Å²) in [6, 6.07) is 15.4. The minimum absolute atomic E-state index is 0.0422. The maximum absolute atomic E-state index is 12.8. The van der Waals surface area contributed by atoms with Crippen molar-refractivity contribution in [3.05, 3.63) is 65.4 Å². The Kier molecular flexibility index (Phi) is 5.19. The van der Waals surface area contributed by atoms with E-state index in [-0.39, 0.29) is 24.8 Å². The highest BCUT2D eigenvalue weighted by atomic mass is 16.2. The number of rotatable bonds is 6. The van der Waals surface area contributed by atoms with E-state index in [9.17, 15) is 9.59 Å². The number of hydrogen-bond acceptors (Lipinski definition) is 2. The van der Waals surface area contributed by atoms with Crippen LogP contribution in [0.25, 0.3) is 10.9 Å². The first-order chi connectivity index (χ1) is 12.4. The lowest BCUT2D eigenvalue weighted by atomic mass is 10.1. The Morgan fingerprint density at radius 3 is 2.42 bits per heavy atom. The monoisotopic (exact) mass is 350 g/mol. The van der Waals surface area contributed by atoms with Gasteiger partial charge in [0.05, 0.1) is 12.6 Å². The van der Waals surface area contributed by atoms with Crippen LogP contribution in [0.15, 0.2) is 48.5 Å². The number of carbonyl (C=O) groups is 2. The molecule has 1 heterocycles. The topological polar surface area (TPSA) is 66.4 Å². The summed E-state index contributed by atoms with van der Waals surface area (Å²) in [5.74, 6) is -0.0598. The molecule has 5 heteroatoms. The summed E-state index contributed by atoms with van der Waals surface area (Å²) in [6.07, 6.45) is 0. The van der Waals surface area contributed by atoms with Gasteiger partial charge in [-0.3, -0.25) is 9.59 Å². The second-order valence-corrected chi connectivity index (χ2v) is 6.82. The number of quaternary nitrogens is 1. The summed E-state index contributed by atoms with van der Waals surface area (Å²) >= 11 is 0. The molecule has 0 radical (unpaired) electrons. The summed E-state index contributed by atoms with van der Waals surface area (Å²) in [6.45, 7) is 4.42. The second kappa shape index (κ2) is 7.54. The van der Waals surface area contributed by atoms with Gasteiger partial charge in [0.25, 0.3) is 5.91 Å². The molecule has 0 aliphatic rings. The van der Waals surface area contributed by atoms with Crippen LogP contribution in [0.5, 0.6) is 0 Å². The zero-order chi connectivity index (χ0) is 18.7. The Labute approximate surface area is 153 Å². The maximum atomic E-state index is 12.8. The zero-order valence-corrected chi connectivity index (χ0v) is 15.3. The fourth-order valence-corrected chi connectivity index (χ4v) is 3.18. The molecule has 5 nitrogen and oxygen atoms in total. The van der Waals surface area contributed by atoms with Crippen molar-refractivity contribution in [1.29, 1.82) is 0 Å². The van der Waals surface area contributed by atoms with Crippen LogP contribution in [0.2, 0.25) is 0 Å². The predicted octanol–water partition coefficient (Wildman–Crippen LogP) is 2.12. The van der Waals surface area contributed by atoms with Gasteiger partial charge in [-0.25, -0.2) is 0 Å². The number of H-pyrrole nitrogens is 1. The Balaban J connectivity index is 1.62. The largest absolute Gasteiger partial charge is 0.358 e. The summed E-state index contributed by atoms with van der Waals surface area (Å²) in [4.78, 5) is 29.1. The molecule has 134 valence electrons. The number of hydrogen-bond donors (Lipinski definition) is 3. The first kappa shape index (κ1) is 17.9. The molecule has 0 bridgehead atoms.